The van der Waals surface area contributed by atoms with Crippen LogP contribution >= 0.6 is 15.9 Å². The number of rotatable bonds is 3. The van der Waals surface area contributed by atoms with Gasteiger partial charge in [0.2, 0.25) is 0 Å². The van der Waals surface area contributed by atoms with Crippen LogP contribution in [0.5, 0.6) is 0 Å². The zero-order valence-electron chi connectivity index (χ0n) is 15.4. The van der Waals surface area contributed by atoms with Gasteiger partial charge in [-0.15, -0.1) is 0 Å². The van der Waals surface area contributed by atoms with Gasteiger partial charge in [0.25, 0.3) is 0 Å². The summed E-state index contributed by atoms with van der Waals surface area (Å²) in [6.07, 6.45) is 3.62. The van der Waals surface area contributed by atoms with E-state index in [0.717, 1.165) is 59.2 Å². The van der Waals surface area contributed by atoms with Crippen LogP contribution in [0.2, 0.25) is 0 Å². The number of anilines is 2. The molecule has 0 atom stereocenters. The van der Waals surface area contributed by atoms with Crippen molar-refractivity contribution in [3.05, 3.63) is 58.5 Å². The van der Waals surface area contributed by atoms with Gasteiger partial charge in [-0.05, 0) is 54.0 Å². The average Bonchev–Trinajstić information content (AvgIpc) is 2.71. The predicted molar refractivity (Wildman–Crippen MR) is 111 cm³/mol. The van der Waals surface area contributed by atoms with Crippen LogP contribution in [-0.2, 0) is 0 Å². The van der Waals surface area contributed by atoms with E-state index in [-0.39, 0.29) is 0 Å². The summed E-state index contributed by atoms with van der Waals surface area (Å²) in [6, 6.07) is 9.90. The minimum Gasteiger partial charge on any atom is -0.353 e. The molecule has 138 valence electrons. The minimum atomic E-state index is 0.686. The highest BCUT2D eigenvalue weighted by atomic mass is 79.9. The molecule has 0 N–H and O–H groups in total. The van der Waals surface area contributed by atoms with Gasteiger partial charge < -0.3 is 9.80 Å². The summed E-state index contributed by atoms with van der Waals surface area (Å²) in [5, 5.41) is 0. The number of nitrogens with zero attached hydrogens (tertiary/aromatic N) is 6. The lowest BCUT2D eigenvalue weighted by molar-refractivity contribution is 0.639. The molecule has 0 spiro atoms. The first kappa shape index (κ1) is 17.9. The number of aromatic nitrogens is 4. The Labute approximate surface area is 167 Å². The van der Waals surface area contributed by atoms with Gasteiger partial charge in [0.05, 0.1) is 0 Å². The van der Waals surface area contributed by atoms with E-state index in [1.807, 2.05) is 37.4 Å². The summed E-state index contributed by atoms with van der Waals surface area (Å²) in [5.41, 5.74) is 2.93. The summed E-state index contributed by atoms with van der Waals surface area (Å²) >= 11 is 3.44. The van der Waals surface area contributed by atoms with Gasteiger partial charge in [0.1, 0.15) is 17.3 Å². The Kier molecular flexibility index (Phi) is 5.03. The second kappa shape index (κ2) is 7.60. The first-order valence-corrected chi connectivity index (χ1v) is 9.79. The zero-order valence-corrected chi connectivity index (χ0v) is 17.0. The van der Waals surface area contributed by atoms with Crippen molar-refractivity contribution in [1.29, 1.82) is 0 Å². The number of aryl methyl sites for hydroxylation is 1. The monoisotopic (exact) mass is 424 g/mol. The third kappa shape index (κ3) is 3.78. The van der Waals surface area contributed by atoms with Crippen LogP contribution in [0.4, 0.5) is 11.6 Å². The first-order chi connectivity index (χ1) is 13.1. The smallest absolute Gasteiger partial charge is 0.180 e. The van der Waals surface area contributed by atoms with Crippen molar-refractivity contribution in [2.24, 2.45) is 0 Å². The molecule has 7 heteroatoms. The van der Waals surface area contributed by atoms with Crippen LogP contribution in [0.1, 0.15) is 11.3 Å². The quantitative estimate of drug-likeness (QED) is 0.639. The van der Waals surface area contributed by atoms with Crippen molar-refractivity contribution in [2.75, 3.05) is 36.0 Å². The number of halogens is 1. The molecular weight excluding hydrogens is 404 g/mol. The summed E-state index contributed by atoms with van der Waals surface area (Å²) in [7, 11) is 0. The van der Waals surface area contributed by atoms with Crippen molar-refractivity contribution >= 4 is 27.6 Å². The second-order valence-corrected chi connectivity index (χ2v) is 7.52. The highest BCUT2D eigenvalue weighted by molar-refractivity contribution is 9.10. The van der Waals surface area contributed by atoms with Crippen LogP contribution in [0, 0.1) is 13.8 Å². The van der Waals surface area contributed by atoms with E-state index >= 15 is 0 Å². The molecule has 0 radical (unpaired) electrons. The van der Waals surface area contributed by atoms with Crippen LogP contribution < -0.4 is 9.80 Å². The number of piperazine rings is 1. The maximum atomic E-state index is 4.85. The van der Waals surface area contributed by atoms with Crippen LogP contribution in [0.3, 0.4) is 0 Å². The fraction of sp³-hybridized carbons (Fsp3) is 0.300. The lowest BCUT2D eigenvalue weighted by Crippen LogP contribution is -2.47. The topological polar surface area (TPSA) is 58.0 Å². The predicted octanol–water partition coefficient (Wildman–Crippen LogP) is 3.64. The minimum absolute atomic E-state index is 0.686. The molecule has 0 unspecified atom stereocenters. The molecule has 0 aromatic carbocycles. The van der Waals surface area contributed by atoms with Crippen molar-refractivity contribution in [3.63, 3.8) is 0 Å². The van der Waals surface area contributed by atoms with Crippen LogP contribution in [0.15, 0.2) is 47.2 Å². The molecule has 0 bridgehead atoms. The lowest BCUT2D eigenvalue weighted by atomic mass is 10.2. The van der Waals surface area contributed by atoms with Crippen molar-refractivity contribution in [2.45, 2.75) is 13.8 Å². The van der Waals surface area contributed by atoms with Gasteiger partial charge in [-0.25, -0.2) is 15.0 Å². The lowest BCUT2D eigenvalue weighted by Gasteiger charge is -2.36. The van der Waals surface area contributed by atoms with E-state index in [0.29, 0.717) is 5.82 Å². The van der Waals surface area contributed by atoms with E-state index in [1.54, 1.807) is 6.20 Å². The summed E-state index contributed by atoms with van der Waals surface area (Å²) in [4.78, 5) is 23.1. The molecule has 1 saturated heterocycles. The second-order valence-electron chi connectivity index (χ2n) is 6.60. The van der Waals surface area contributed by atoms with Gasteiger partial charge in [-0.3, -0.25) is 4.98 Å². The first-order valence-electron chi connectivity index (χ1n) is 9.00. The molecule has 0 amide bonds. The van der Waals surface area contributed by atoms with E-state index in [9.17, 15) is 0 Å². The van der Waals surface area contributed by atoms with Gasteiger partial charge in [-0.1, -0.05) is 6.07 Å². The molecule has 27 heavy (non-hydrogen) atoms. The Morgan fingerprint density at radius 2 is 1.67 bits per heavy atom. The Morgan fingerprint density at radius 1 is 0.889 bits per heavy atom. The Hall–Kier alpha value is -2.54. The Morgan fingerprint density at radius 3 is 2.33 bits per heavy atom. The van der Waals surface area contributed by atoms with Crippen molar-refractivity contribution < 1.29 is 0 Å². The van der Waals surface area contributed by atoms with Crippen molar-refractivity contribution in [1.82, 2.24) is 19.9 Å². The van der Waals surface area contributed by atoms with Crippen LogP contribution in [-0.4, -0.2) is 46.1 Å². The highest BCUT2D eigenvalue weighted by Crippen LogP contribution is 2.25. The molecule has 1 aliphatic rings. The molecule has 3 aromatic rings. The third-order valence-electron chi connectivity index (χ3n) is 4.87. The van der Waals surface area contributed by atoms with Gasteiger partial charge >= 0.3 is 0 Å². The molecule has 6 nitrogen and oxygen atoms in total. The zero-order chi connectivity index (χ0) is 18.8. The summed E-state index contributed by atoms with van der Waals surface area (Å²) in [6.45, 7) is 7.75. The molecule has 4 heterocycles. The Bertz CT molecular complexity index is 921. The fourth-order valence-corrected chi connectivity index (χ4v) is 3.47. The number of hydrogen-bond donors (Lipinski definition) is 0. The fourth-order valence-electron chi connectivity index (χ4n) is 3.23. The molecule has 0 saturated carbocycles. The molecule has 4 rings (SSSR count). The number of hydrogen-bond acceptors (Lipinski definition) is 6. The summed E-state index contributed by atoms with van der Waals surface area (Å²) in [5.74, 6) is 2.71. The maximum Gasteiger partial charge on any atom is 0.180 e. The third-order valence-corrected chi connectivity index (χ3v) is 5.34. The van der Waals surface area contributed by atoms with Crippen molar-refractivity contribution in [3.8, 4) is 11.5 Å². The normalized spacial score (nSPS) is 14.5. The standard InChI is InChI=1S/C20H21BrN6/c1-14-15(2)24-19(17-5-3-4-8-22-17)25-20(14)27-11-9-26(10-12-27)18-7-6-16(21)13-23-18/h3-8,13H,9-12H2,1-2H3. The van der Waals surface area contributed by atoms with Gasteiger partial charge in [0, 0.05) is 54.3 Å². The van der Waals surface area contributed by atoms with E-state index in [2.05, 4.69) is 53.7 Å². The molecule has 1 aliphatic heterocycles. The molecule has 3 aromatic heterocycles. The number of pyridine rings is 2. The van der Waals surface area contributed by atoms with E-state index < -0.39 is 0 Å². The average molecular weight is 425 g/mol. The van der Waals surface area contributed by atoms with Gasteiger partial charge in [-0.2, -0.15) is 0 Å². The van der Waals surface area contributed by atoms with E-state index in [4.69, 9.17) is 4.98 Å². The highest BCUT2D eigenvalue weighted by Gasteiger charge is 2.22. The molecule has 0 aliphatic carbocycles. The summed E-state index contributed by atoms with van der Waals surface area (Å²) < 4.78 is 0.999. The maximum absolute atomic E-state index is 4.85. The Balaban J connectivity index is 1.56. The van der Waals surface area contributed by atoms with Gasteiger partial charge in [0.15, 0.2) is 5.82 Å². The largest absolute Gasteiger partial charge is 0.353 e. The van der Waals surface area contributed by atoms with Crippen LogP contribution in [0.25, 0.3) is 11.5 Å². The van der Waals surface area contributed by atoms with E-state index in [1.165, 1.54) is 0 Å². The molecule has 1 fully saturated rings. The molecular formula is C20H21BrN6. The SMILES string of the molecule is Cc1nc(-c2ccccn2)nc(N2CCN(c3ccc(Br)cn3)CC2)c1C.